The predicted molar refractivity (Wildman–Crippen MR) is 49.7 cm³/mol. The van der Waals surface area contributed by atoms with Gasteiger partial charge < -0.3 is 0 Å². The Labute approximate surface area is 72.0 Å². The highest BCUT2D eigenvalue weighted by Gasteiger charge is 1.95. The third-order valence-corrected chi connectivity index (χ3v) is 2.38. The van der Waals surface area contributed by atoms with Gasteiger partial charge in [-0.05, 0) is 18.7 Å². The number of nitrogens with zero attached hydrogens (tertiary/aromatic N) is 2. The van der Waals surface area contributed by atoms with Gasteiger partial charge in [-0.3, -0.25) is 4.68 Å². The van der Waals surface area contributed by atoms with Gasteiger partial charge in [0.25, 0.3) is 0 Å². The van der Waals surface area contributed by atoms with Crippen molar-refractivity contribution in [2.45, 2.75) is 26.1 Å². The lowest BCUT2D eigenvalue weighted by molar-refractivity contribution is 0.652. The quantitative estimate of drug-likeness (QED) is 0.689. The second kappa shape index (κ2) is 4.44. The fraction of sp³-hybridized carbons (Fsp3) is 0.625. The van der Waals surface area contributed by atoms with Crippen molar-refractivity contribution in [3.63, 3.8) is 0 Å². The zero-order chi connectivity index (χ0) is 8.10. The summed E-state index contributed by atoms with van der Waals surface area (Å²) in [7, 11) is 0. The summed E-state index contributed by atoms with van der Waals surface area (Å²) >= 11 is 1.91. The van der Waals surface area contributed by atoms with Crippen LogP contribution in [0.5, 0.6) is 0 Å². The average molecular weight is 170 g/mol. The van der Waals surface area contributed by atoms with Crippen LogP contribution in [0.2, 0.25) is 0 Å². The summed E-state index contributed by atoms with van der Waals surface area (Å²) in [6, 6.07) is 2.09. The van der Waals surface area contributed by atoms with Gasteiger partial charge in [-0.15, -0.1) is 0 Å². The molecule has 0 saturated heterocycles. The third kappa shape index (κ3) is 2.58. The maximum atomic E-state index is 4.36. The number of aryl methyl sites for hydroxylation is 1. The van der Waals surface area contributed by atoms with Crippen molar-refractivity contribution in [2.24, 2.45) is 0 Å². The monoisotopic (exact) mass is 170 g/mol. The molecule has 62 valence electrons. The summed E-state index contributed by atoms with van der Waals surface area (Å²) in [6.07, 6.45) is 2.03. The maximum absolute atomic E-state index is 4.36. The minimum Gasteiger partial charge on any atom is -0.273 e. The van der Waals surface area contributed by atoms with E-state index in [9.17, 15) is 0 Å². The molecule has 0 unspecified atom stereocenters. The van der Waals surface area contributed by atoms with E-state index in [0.29, 0.717) is 0 Å². The number of aromatic nitrogens is 2. The molecule has 2 nitrogen and oxygen atoms in total. The van der Waals surface area contributed by atoms with Crippen LogP contribution in [0.4, 0.5) is 0 Å². The fourth-order valence-corrected chi connectivity index (χ4v) is 1.43. The Balaban J connectivity index is 2.44. The second-order valence-corrected chi connectivity index (χ2v) is 3.57. The van der Waals surface area contributed by atoms with E-state index < -0.39 is 0 Å². The van der Waals surface area contributed by atoms with E-state index in [1.807, 2.05) is 22.6 Å². The van der Waals surface area contributed by atoms with Gasteiger partial charge >= 0.3 is 0 Å². The minimum atomic E-state index is 0.969. The molecule has 0 aliphatic heterocycles. The molecule has 0 saturated carbocycles. The van der Waals surface area contributed by atoms with Gasteiger partial charge in [-0.1, -0.05) is 6.92 Å². The molecule has 11 heavy (non-hydrogen) atoms. The van der Waals surface area contributed by atoms with Crippen LogP contribution in [-0.2, 0) is 12.3 Å². The summed E-state index contributed by atoms with van der Waals surface area (Å²) in [6.45, 7) is 5.24. The van der Waals surface area contributed by atoms with Crippen molar-refractivity contribution < 1.29 is 0 Å². The molecule has 0 fully saturated rings. The van der Waals surface area contributed by atoms with E-state index >= 15 is 0 Å². The molecule has 0 aliphatic rings. The van der Waals surface area contributed by atoms with Gasteiger partial charge in [0.15, 0.2) is 0 Å². The van der Waals surface area contributed by atoms with E-state index in [-0.39, 0.29) is 0 Å². The van der Waals surface area contributed by atoms with Crippen LogP contribution in [0, 0.1) is 0 Å². The van der Waals surface area contributed by atoms with Crippen molar-refractivity contribution >= 4 is 11.8 Å². The van der Waals surface area contributed by atoms with Gasteiger partial charge in [0.1, 0.15) is 0 Å². The smallest absolute Gasteiger partial charge is 0.0723 e. The second-order valence-electron chi connectivity index (χ2n) is 2.30. The number of hydrogen-bond donors (Lipinski definition) is 0. The van der Waals surface area contributed by atoms with Crippen LogP contribution >= 0.6 is 11.8 Å². The Bertz CT molecular complexity index is 208. The molecule has 0 amide bonds. The molecule has 0 bridgehead atoms. The first-order valence-electron chi connectivity index (χ1n) is 3.97. The summed E-state index contributed by atoms with van der Waals surface area (Å²) in [5, 5.41) is 4.36. The van der Waals surface area contributed by atoms with E-state index in [0.717, 1.165) is 12.3 Å². The van der Waals surface area contributed by atoms with Gasteiger partial charge in [0.05, 0.1) is 5.69 Å². The number of hydrogen-bond acceptors (Lipinski definition) is 2. The highest BCUT2D eigenvalue weighted by molar-refractivity contribution is 7.98. The molecule has 1 aromatic heterocycles. The molecular formula is C8H14N2S. The molecule has 0 radical (unpaired) electrons. The lowest BCUT2D eigenvalue weighted by Crippen LogP contribution is -1.94. The molecule has 0 spiro atoms. The standard InChI is InChI=1S/C8H14N2S/c1-3-10-6-5-8(9-10)7-11-4-2/h5-6H,3-4,7H2,1-2H3. The Morgan fingerprint density at radius 1 is 1.55 bits per heavy atom. The van der Waals surface area contributed by atoms with E-state index in [4.69, 9.17) is 0 Å². The lowest BCUT2D eigenvalue weighted by atomic mass is 10.5. The van der Waals surface area contributed by atoms with Crippen LogP contribution < -0.4 is 0 Å². The summed E-state index contributed by atoms with van der Waals surface area (Å²) in [5.74, 6) is 2.21. The van der Waals surface area contributed by atoms with Gasteiger partial charge in [-0.2, -0.15) is 16.9 Å². The van der Waals surface area contributed by atoms with Crippen LogP contribution in [0.25, 0.3) is 0 Å². The first-order chi connectivity index (χ1) is 5.36. The van der Waals surface area contributed by atoms with Crippen molar-refractivity contribution in [3.05, 3.63) is 18.0 Å². The third-order valence-electron chi connectivity index (χ3n) is 1.47. The zero-order valence-electron chi connectivity index (χ0n) is 7.08. The molecule has 1 aromatic rings. The molecule has 0 aromatic carbocycles. The summed E-state index contributed by atoms with van der Waals surface area (Å²) in [5.41, 5.74) is 1.19. The molecule has 0 atom stereocenters. The first-order valence-corrected chi connectivity index (χ1v) is 5.12. The lowest BCUT2D eigenvalue weighted by Gasteiger charge is -1.93. The topological polar surface area (TPSA) is 17.8 Å². The Morgan fingerprint density at radius 2 is 2.36 bits per heavy atom. The fourth-order valence-electron chi connectivity index (χ4n) is 0.863. The molecule has 0 aliphatic carbocycles. The van der Waals surface area contributed by atoms with Crippen LogP contribution in [0.1, 0.15) is 19.5 Å². The van der Waals surface area contributed by atoms with Crippen LogP contribution in [-0.4, -0.2) is 15.5 Å². The molecule has 1 heterocycles. The Hall–Kier alpha value is -0.440. The van der Waals surface area contributed by atoms with Crippen molar-refractivity contribution in [1.82, 2.24) is 9.78 Å². The molecule has 0 N–H and O–H groups in total. The number of rotatable bonds is 4. The van der Waals surface area contributed by atoms with E-state index in [1.54, 1.807) is 0 Å². The van der Waals surface area contributed by atoms with Crippen LogP contribution in [0.15, 0.2) is 12.3 Å². The summed E-state index contributed by atoms with van der Waals surface area (Å²) < 4.78 is 1.96. The normalized spacial score (nSPS) is 10.4. The predicted octanol–water partition coefficient (Wildman–Crippen LogP) is 2.16. The van der Waals surface area contributed by atoms with Crippen molar-refractivity contribution in [2.75, 3.05) is 5.75 Å². The van der Waals surface area contributed by atoms with E-state index in [2.05, 4.69) is 25.0 Å². The van der Waals surface area contributed by atoms with Crippen molar-refractivity contribution in [3.8, 4) is 0 Å². The van der Waals surface area contributed by atoms with Gasteiger partial charge in [0, 0.05) is 18.5 Å². The molecular weight excluding hydrogens is 156 g/mol. The van der Waals surface area contributed by atoms with Crippen molar-refractivity contribution in [1.29, 1.82) is 0 Å². The Morgan fingerprint density at radius 3 is 2.91 bits per heavy atom. The highest BCUT2D eigenvalue weighted by atomic mass is 32.2. The Kier molecular flexibility index (Phi) is 3.49. The minimum absolute atomic E-state index is 0.969. The SMILES string of the molecule is CCSCc1ccn(CC)n1. The molecule has 3 heteroatoms. The van der Waals surface area contributed by atoms with Gasteiger partial charge in [0.2, 0.25) is 0 Å². The summed E-state index contributed by atoms with van der Waals surface area (Å²) in [4.78, 5) is 0. The zero-order valence-corrected chi connectivity index (χ0v) is 7.90. The largest absolute Gasteiger partial charge is 0.273 e. The molecule has 1 rings (SSSR count). The van der Waals surface area contributed by atoms with Gasteiger partial charge in [-0.25, -0.2) is 0 Å². The van der Waals surface area contributed by atoms with E-state index in [1.165, 1.54) is 11.4 Å². The average Bonchev–Trinajstić information content (AvgIpc) is 2.48. The first kappa shape index (κ1) is 8.65. The van der Waals surface area contributed by atoms with Crippen LogP contribution in [0.3, 0.4) is 0 Å². The highest BCUT2D eigenvalue weighted by Crippen LogP contribution is 2.08. The maximum Gasteiger partial charge on any atom is 0.0723 e. The number of thioether (sulfide) groups is 1.